The summed E-state index contributed by atoms with van der Waals surface area (Å²) in [6.45, 7) is 3.82. The van der Waals surface area contributed by atoms with Crippen LogP contribution in [0.3, 0.4) is 0 Å². The number of aryl methyl sites for hydroxylation is 1. The predicted molar refractivity (Wildman–Crippen MR) is 62.7 cm³/mol. The number of rotatable bonds is 7. The maximum absolute atomic E-state index is 11.8. The van der Waals surface area contributed by atoms with Crippen molar-refractivity contribution in [1.29, 1.82) is 0 Å². The van der Waals surface area contributed by atoms with Crippen molar-refractivity contribution in [3.63, 3.8) is 0 Å². The molecule has 0 spiro atoms. The molecule has 0 atom stereocenters. The fourth-order valence-electron chi connectivity index (χ4n) is 1.32. The first-order chi connectivity index (χ1) is 8.01. The molecule has 0 saturated heterocycles. The van der Waals surface area contributed by atoms with E-state index in [1.54, 1.807) is 6.20 Å². The van der Waals surface area contributed by atoms with E-state index in [1.807, 2.05) is 10.9 Å². The maximum Gasteiger partial charge on any atom is 0.441 e. The largest absolute Gasteiger partial charge is 0.441 e. The molecule has 0 aliphatic carbocycles. The molecule has 0 amide bonds. The van der Waals surface area contributed by atoms with E-state index in [-0.39, 0.29) is 17.5 Å². The summed E-state index contributed by atoms with van der Waals surface area (Å²) in [6, 6.07) is 0. The van der Waals surface area contributed by atoms with Gasteiger partial charge in [0.2, 0.25) is 0 Å². The highest BCUT2D eigenvalue weighted by Crippen LogP contribution is 2.29. The van der Waals surface area contributed by atoms with Crippen LogP contribution in [-0.4, -0.2) is 27.6 Å². The lowest BCUT2D eigenvalue weighted by atomic mass is 10.3. The SMILES string of the molecule is CCCn1cc(CNCCSC(F)(F)F)cn1. The van der Waals surface area contributed by atoms with Gasteiger partial charge < -0.3 is 5.32 Å². The number of hydrogen-bond donors (Lipinski definition) is 1. The highest BCUT2D eigenvalue weighted by molar-refractivity contribution is 8.00. The van der Waals surface area contributed by atoms with E-state index in [0.29, 0.717) is 13.1 Å². The minimum atomic E-state index is -4.13. The van der Waals surface area contributed by atoms with Crippen LogP contribution in [0, 0.1) is 0 Å². The average molecular weight is 267 g/mol. The van der Waals surface area contributed by atoms with Crippen LogP contribution in [0.1, 0.15) is 18.9 Å². The van der Waals surface area contributed by atoms with Crippen LogP contribution in [0.25, 0.3) is 0 Å². The molecule has 0 radical (unpaired) electrons. The summed E-state index contributed by atoms with van der Waals surface area (Å²) >= 11 is -0.00129. The van der Waals surface area contributed by atoms with Gasteiger partial charge in [-0.25, -0.2) is 0 Å². The molecule has 1 N–H and O–H groups in total. The highest BCUT2D eigenvalue weighted by atomic mass is 32.2. The molecule has 1 aromatic rings. The van der Waals surface area contributed by atoms with Crippen molar-refractivity contribution < 1.29 is 13.2 Å². The zero-order chi connectivity index (χ0) is 12.7. The standard InChI is InChI=1S/C10H16F3N3S/c1-2-4-16-8-9(7-15-16)6-14-3-5-17-10(11,12)13/h7-8,14H,2-6H2,1H3. The molecular weight excluding hydrogens is 251 g/mol. The third kappa shape index (κ3) is 6.58. The molecule has 1 rings (SSSR count). The second-order valence-corrected chi connectivity index (χ2v) is 4.74. The highest BCUT2D eigenvalue weighted by Gasteiger charge is 2.27. The average Bonchev–Trinajstić information content (AvgIpc) is 2.64. The van der Waals surface area contributed by atoms with Gasteiger partial charge in [-0.2, -0.15) is 18.3 Å². The van der Waals surface area contributed by atoms with Crippen molar-refractivity contribution in [2.24, 2.45) is 0 Å². The van der Waals surface area contributed by atoms with E-state index in [0.717, 1.165) is 18.5 Å². The fraction of sp³-hybridized carbons (Fsp3) is 0.700. The number of alkyl halides is 3. The van der Waals surface area contributed by atoms with E-state index < -0.39 is 5.51 Å². The number of hydrogen-bond acceptors (Lipinski definition) is 3. The number of halogens is 3. The monoisotopic (exact) mass is 267 g/mol. The summed E-state index contributed by atoms with van der Waals surface area (Å²) in [7, 11) is 0. The van der Waals surface area contributed by atoms with Crippen LogP contribution < -0.4 is 5.32 Å². The summed E-state index contributed by atoms with van der Waals surface area (Å²) in [5.74, 6) is 0.0343. The van der Waals surface area contributed by atoms with Crippen molar-refractivity contribution in [2.75, 3.05) is 12.3 Å². The Morgan fingerprint density at radius 1 is 1.47 bits per heavy atom. The number of thioether (sulfide) groups is 1. The summed E-state index contributed by atoms with van der Waals surface area (Å²) in [5.41, 5.74) is -3.14. The minimum absolute atomic E-state index is 0.00129. The topological polar surface area (TPSA) is 29.9 Å². The molecule has 1 heterocycles. The van der Waals surface area contributed by atoms with E-state index in [4.69, 9.17) is 0 Å². The van der Waals surface area contributed by atoms with Gasteiger partial charge in [0.15, 0.2) is 0 Å². The molecule has 0 aliphatic rings. The lowest BCUT2D eigenvalue weighted by molar-refractivity contribution is -0.0327. The second kappa shape index (κ2) is 6.90. The molecule has 17 heavy (non-hydrogen) atoms. The van der Waals surface area contributed by atoms with Crippen LogP contribution in [-0.2, 0) is 13.1 Å². The zero-order valence-corrected chi connectivity index (χ0v) is 10.4. The van der Waals surface area contributed by atoms with Gasteiger partial charge in [0, 0.05) is 37.1 Å². The smallest absolute Gasteiger partial charge is 0.312 e. The first-order valence-electron chi connectivity index (χ1n) is 5.44. The van der Waals surface area contributed by atoms with Gasteiger partial charge in [-0.1, -0.05) is 6.92 Å². The van der Waals surface area contributed by atoms with Gasteiger partial charge >= 0.3 is 5.51 Å². The van der Waals surface area contributed by atoms with Crippen LogP contribution in [0.15, 0.2) is 12.4 Å². The van der Waals surface area contributed by atoms with Crippen molar-refractivity contribution in [2.45, 2.75) is 31.9 Å². The van der Waals surface area contributed by atoms with Gasteiger partial charge in [-0.3, -0.25) is 4.68 Å². The van der Waals surface area contributed by atoms with Gasteiger partial charge in [-0.05, 0) is 18.2 Å². The van der Waals surface area contributed by atoms with Crippen molar-refractivity contribution >= 4 is 11.8 Å². The Hall–Kier alpha value is -0.690. The molecule has 1 aromatic heterocycles. The van der Waals surface area contributed by atoms with E-state index in [1.165, 1.54) is 0 Å². The molecule has 0 saturated carbocycles. The summed E-state index contributed by atoms with van der Waals surface area (Å²) in [5, 5.41) is 7.09. The Morgan fingerprint density at radius 2 is 2.24 bits per heavy atom. The number of nitrogens with zero attached hydrogens (tertiary/aromatic N) is 2. The fourth-order valence-corrected chi connectivity index (χ4v) is 1.80. The lowest BCUT2D eigenvalue weighted by Gasteiger charge is -2.05. The Morgan fingerprint density at radius 3 is 2.88 bits per heavy atom. The lowest BCUT2D eigenvalue weighted by Crippen LogP contribution is -2.18. The van der Waals surface area contributed by atoms with Crippen LogP contribution in [0.2, 0.25) is 0 Å². The summed E-state index contributed by atoms with van der Waals surface area (Å²) in [6.07, 6.45) is 4.66. The van der Waals surface area contributed by atoms with E-state index in [2.05, 4.69) is 17.3 Å². The molecule has 0 unspecified atom stereocenters. The summed E-state index contributed by atoms with van der Waals surface area (Å²) < 4.78 is 37.3. The van der Waals surface area contributed by atoms with Gasteiger partial charge in [0.05, 0.1) is 6.20 Å². The number of nitrogens with one attached hydrogen (secondary N) is 1. The molecule has 98 valence electrons. The van der Waals surface area contributed by atoms with Crippen molar-refractivity contribution in [1.82, 2.24) is 15.1 Å². The van der Waals surface area contributed by atoms with Crippen molar-refractivity contribution in [3.05, 3.63) is 18.0 Å². The molecule has 7 heteroatoms. The molecule has 3 nitrogen and oxygen atoms in total. The number of aromatic nitrogens is 2. The Bertz CT molecular complexity index is 325. The predicted octanol–water partition coefficient (Wildman–Crippen LogP) is 2.64. The Labute approximate surface area is 103 Å². The molecule has 0 aromatic carbocycles. The molecular formula is C10H16F3N3S. The van der Waals surface area contributed by atoms with E-state index >= 15 is 0 Å². The quantitative estimate of drug-likeness (QED) is 0.770. The third-order valence-electron chi connectivity index (χ3n) is 2.01. The van der Waals surface area contributed by atoms with Crippen LogP contribution in [0.4, 0.5) is 13.2 Å². The summed E-state index contributed by atoms with van der Waals surface area (Å²) in [4.78, 5) is 0. The van der Waals surface area contributed by atoms with Gasteiger partial charge in [0.25, 0.3) is 0 Å². The molecule has 0 bridgehead atoms. The van der Waals surface area contributed by atoms with E-state index in [9.17, 15) is 13.2 Å². The van der Waals surface area contributed by atoms with Crippen LogP contribution >= 0.6 is 11.8 Å². The Balaban J connectivity index is 2.13. The Kier molecular flexibility index (Phi) is 5.84. The second-order valence-electron chi connectivity index (χ2n) is 3.58. The first kappa shape index (κ1) is 14.4. The molecule has 0 aliphatic heterocycles. The zero-order valence-electron chi connectivity index (χ0n) is 9.63. The minimum Gasteiger partial charge on any atom is -0.312 e. The van der Waals surface area contributed by atoms with Gasteiger partial charge in [-0.15, -0.1) is 0 Å². The first-order valence-corrected chi connectivity index (χ1v) is 6.42. The third-order valence-corrected chi connectivity index (χ3v) is 2.75. The van der Waals surface area contributed by atoms with Crippen molar-refractivity contribution in [3.8, 4) is 0 Å². The van der Waals surface area contributed by atoms with Gasteiger partial charge in [0.1, 0.15) is 0 Å². The van der Waals surface area contributed by atoms with Crippen LogP contribution in [0.5, 0.6) is 0 Å². The molecule has 0 fully saturated rings. The maximum atomic E-state index is 11.8. The normalized spacial score (nSPS) is 12.0.